The second-order valence-electron chi connectivity index (χ2n) is 35.1. The number of aromatic nitrogens is 2. The molecule has 3 rings (SSSR count). The van der Waals surface area contributed by atoms with Crippen LogP contribution < -0.4 is 41.8 Å². The zero-order valence-electron chi connectivity index (χ0n) is 81.1. The third-order valence-electron chi connectivity index (χ3n) is 22.8. The Hall–Kier alpha value is -9.83. The number of hydrogen-bond donors (Lipinski definition) is 10. The van der Waals surface area contributed by atoms with E-state index in [1.54, 1.807) is 56.4 Å². The molecule has 1 aromatic heterocycles. The summed E-state index contributed by atoms with van der Waals surface area (Å²) >= 11 is 0. The van der Waals surface area contributed by atoms with Crippen LogP contribution in [0.15, 0.2) is 61.1 Å². The number of carboxylic acids is 3. The third kappa shape index (κ3) is 64.9. The van der Waals surface area contributed by atoms with Crippen LogP contribution in [-0.4, -0.2) is 283 Å². The highest BCUT2D eigenvalue weighted by Crippen LogP contribution is 2.26. The third-order valence-corrected chi connectivity index (χ3v) is 22.8. The highest BCUT2D eigenvalue weighted by Gasteiger charge is 2.34. The van der Waals surface area contributed by atoms with Crippen LogP contribution in [0.4, 0.5) is 0 Å². The molecule has 0 bridgehead atoms. The van der Waals surface area contributed by atoms with Gasteiger partial charge in [0.2, 0.25) is 23.6 Å². The molecule has 1 heterocycles. The monoisotopic (exact) mass is 1930 g/mol. The number of ether oxygens (including phenoxy) is 10. The topological polar surface area (TPSA) is 541 Å². The number of nitrogens with one attached hydrogen (secondary N) is 6. The van der Waals surface area contributed by atoms with Crippen molar-refractivity contribution < 1.29 is 139 Å². The summed E-state index contributed by atoms with van der Waals surface area (Å²) in [5, 5.41) is 42.5. The van der Waals surface area contributed by atoms with Crippen LogP contribution in [0.1, 0.15) is 278 Å². The van der Waals surface area contributed by atoms with E-state index in [4.69, 9.17) is 58.2 Å². The van der Waals surface area contributed by atoms with E-state index in [-0.39, 0.29) is 291 Å². The smallest absolute Gasteiger partial charge is 0.335 e. The predicted molar refractivity (Wildman–Crippen MR) is 508 cm³/mol. The normalized spacial score (nSPS) is 12.5. The molecule has 137 heavy (non-hydrogen) atoms. The summed E-state index contributed by atoms with van der Waals surface area (Å²) in [5.74, 6) is -7.35. The van der Waals surface area contributed by atoms with Gasteiger partial charge in [0, 0.05) is 139 Å². The summed E-state index contributed by atoms with van der Waals surface area (Å²) in [6.45, 7) is 7.83. The lowest BCUT2D eigenvalue weighted by atomic mass is 9.81. The number of aliphatic carboxylic acids is 2. The van der Waals surface area contributed by atoms with Gasteiger partial charge in [-0.2, -0.15) is 0 Å². The molecule has 4 amide bonds. The van der Waals surface area contributed by atoms with Crippen molar-refractivity contribution in [2.75, 3.05) is 152 Å². The fraction of sp³-hybridized carbons (Fsp3) is 0.690. The van der Waals surface area contributed by atoms with Crippen molar-refractivity contribution in [3.05, 3.63) is 77.9 Å². The quantitative estimate of drug-likeness (QED) is 0.0185. The molecule has 5 atom stereocenters. The lowest BCUT2D eigenvalue weighted by Gasteiger charge is -2.26. The van der Waals surface area contributed by atoms with E-state index in [0.29, 0.717) is 101 Å². The standard InChI is InChI=1S/C100H156N8O29/c1-75(110)78(26-18-20-44-103-94(119)72-135-61-57-131-53-47-106-96(121)73-134-60-54-128-48-24-29-82(111)38-34-79(98(124)125)62-83(112)27-16-12-8-4-6-10-14-22-50-136-86-39-32-76(69-109)33-40-86)64-90(115)89(107-68-92(117)100(2,3)66-91(116)88(101)65-81-67-102-74-108-81)31-19-21-45-104-95(120)71-133-59-55-129-49-25-30-85(114)70-132-58-56-130-52-46-105-93(118)43-37-80(99(126)127)63-84(113)28-17-13-9-5-7-11-15-23-51-137-87-41-35-77(36-42-87)97(122)123/h32-33,35-36,39-42,67,69,74,78-80,88-89,107H,4-31,34,37-38,43-66,68,70-73,101H2,1-3H3,(H,102,108)(H,103,119)(H,104,120)(H,105,118)(H,106,121)(H,122,123)(H,124,125)(H,126,127)/t78-,79-,80-,88+,89+/m1/s1. The zero-order chi connectivity index (χ0) is 100. The minimum absolute atomic E-state index is 0.0313. The van der Waals surface area contributed by atoms with E-state index >= 15 is 0 Å². The molecule has 2 aromatic carbocycles. The molecule has 37 nitrogen and oxygen atoms in total. The van der Waals surface area contributed by atoms with E-state index < -0.39 is 53.2 Å². The first kappa shape index (κ1) is 121. The van der Waals surface area contributed by atoms with Crippen LogP contribution in [0, 0.1) is 23.2 Å². The average Bonchev–Trinajstić information content (AvgIpc) is 1.28. The number of benzene rings is 2. The maximum atomic E-state index is 14.1. The molecule has 0 aliphatic heterocycles. The molecule has 0 radical (unpaired) electrons. The summed E-state index contributed by atoms with van der Waals surface area (Å²) in [6.07, 6.45) is 23.6. The second-order valence-corrected chi connectivity index (χ2v) is 35.1. The van der Waals surface area contributed by atoms with Gasteiger partial charge >= 0.3 is 17.9 Å². The average molecular weight is 1930 g/mol. The lowest BCUT2D eigenvalue weighted by Crippen LogP contribution is -2.45. The van der Waals surface area contributed by atoms with Crippen LogP contribution in [0.5, 0.6) is 11.5 Å². The Morgan fingerprint density at radius 3 is 1.30 bits per heavy atom. The Morgan fingerprint density at radius 2 is 0.832 bits per heavy atom. The highest BCUT2D eigenvalue weighted by molar-refractivity contribution is 5.95. The fourth-order valence-corrected chi connectivity index (χ4v) is 14.5. The van der Waals surface area contributed by atoms with Crippen molar-refractivity contribution in [2.24, 2.45) is 28.9 Å². The van der Waals surface area contributed by atoms with Gasteiger partial charge in [0.1, 0.15) is 73.1 Å². The van der Waals surface area contributed by atoms with Crippen molar-refractivity contribution in [3.63, 3.8) is 0 Å². The minimum Gasteiger partial charge on any atom is -0.494 e. The van der Waals surface area contributed by atoms with Crippen LogP contribution in [0.25, 0.3) is 0 Å². The molecule has 37 heteroatoms. The first-order valence-electron chi connectivity index (χ1n) is 49.0. The number of nitrogens with two attached hydrogens (primary N) is 1. The van der Waals surface area contributed by atoms with E-state index in [1.165, 1.54) is 25.4 Å². The molecule has 11 N–H and O–H groups in total. The van der Waals surface area contributed by atoms with E-state index in [9.17, 15) is 86.9 Å². The molecule has 0 saturated heterocycles. The van der Waals surface area contributed by atoms with Gasteiger partial charge in [-0.15, -0.1) is 0 Å². The molecule has 0 saturated carbocycles. The Labute approximate surface area is 806 Å². The number of aromatic amines is 1. The number of carbonyl (C=O) groups excluding carboxylic acids is 13. The Morgan fingerprint density at radius 1 is 0.409 bits per heavy atom. The number of Topliss-reactive ketones (excluding diaryl/α,β-unsaturated/α-hetero) is 8. The summed E-state index contributed by atoms with van der Waals surface area (Å²) in [4.78, 5) is 206. The van der Waals surface area contributed by atoms with Gasteiger partial charge in [0.15, 0.2) is 17.3 Å². The number of imidazole rings is 1. The van der Waals surface area contributed by atoms with Gasteiger partial charge in [0.05, 0.1) is 122 Å². The maximum Gasteiger partial charge on any atom is 0.335 e. The van der Waals surface area contributed by atoms with E-state index in [1.807, 2.05) is 0 Å². The number of nitrogens with zero attached hydrogens (tertiary/aromatic N) is 1. The molecular weight excluding hydrogens is 1780 g/mol. The molecule has 0 fully saturated rings. The number of aromatic carboxylic acids is 1. The molecule has 0 aliphatic rings. The zero-order valence-corrected chi connectivity index (χ0v) is 81.1. The number of H-pyrrole nitrogens is 1. The fourth-order valence-electron chi connectivity index (χ4n) is 14.5. The van der Waals surface area contributed by atoms with Gasteiger partial charge < -0.3 is 100.0 Å². The summed E-state index contributed by atoms with van der Waals surface area (Å²) < 4.78 is 55.1. The summed E-state index contributed by atoms with van der Waals surface area (Å²) in [5.41, 5.74) is 6.56. The van der Waals surface area contributed by atoms with Crippen molar-refractivity contribution in [3.8, 4) is 11.5 Å². The number of hydrogen-bond acceptors (Lipinski definition) is 29. The van der Waals surface area contributed by atoms with Crippen molar-refractivity contribution >= 4 is 94.1 Å². The number of ketones is 8. The van der Waals surface area contributed by atoms with Gasteiger partial charge in [-0.05, 0) is 139 Å². The van der Waals surface area contributed by atoms with Gasteiger partial charge in [0.25, 0.3) is 0 Å². The van der Waals surface area contributed by atoms with Crippen LogP contribution in [-0.2, 0) is 111 Å². The van der Waals surface area contributed by atoms with Gasteiger partial charge in [-0.1, -0.05) is 97.3 Å². The first-order valence-corrected chi connectivity index (χ1v) is 49.0. The molecule has 0 aliphatic carbocycles. The van der Waals surface area contributed by atoms with Crippen molar-refractivity contribution in [1.82, 2.24) is 36.6 Å². The van der Waals surface area contributed by atoms with E-state index in [2.05, 4.69) is 36.6 Å². The Kier molecular flexibility index (Phi) is 69.1. The SMILES string of the molecule is CC(=O)[C@H](CCCCNC(=O)COCCOCCNC(=O)COCCOCCCC(=O)CC[C@H](CC(=O)CCCCCCCCCCOc1ccc(C=O)cc1)C(=O)O)CC(=O)[C@H](CCCCNC(=O)COCCOCCCC(=O)COCCOCCNC(=O)CC[C@H](CC(=O)CCCCCCCCCCOc1ccc(C(=O)O)cc1)C(=O)O)NCC(=O)C(C)(C)CC(=O)[C@@H](N)Cc1cnc[nH]1. The highest BCUT2D eigenvalue weighted by atomic mass is 16.5. The Bertz CT molecular complexity index is 3940. The second kappa shape index (κ2) is 78.0. The van der Waals surface area contributed by atoms with Crippen molar-refractivity contribution in [1.29, 1.82) is 0 Å². The molecule has 3 aromatic rings. The van der Waals surface area contributed by atoms with Crippen LogP contribution >= 0.6 is 0 Å². The molecule has 0 spiro atoms. The molecule has 0 unspecified atom stereocenters. The minimum atomic E-state index is -1.14. The van der Waals surface area contributed by atoms with Crippen molar-refractivity contribution in [2.45, 2.75) is 270 Å². The number of amides is 4. The number of rotatable bonds is 95. The molecular formula is C100H156N8O29. The first-order chi connectivity index (χ1) is 66.0. The van der Waals surface area contributed by atoms with Gasteiger partial charge in [-0.3, -0.25) is 71.9 Å². The maximum absolute atomic E-state index is 14.1. The summed E-state index contributed by atoms with van der Waals surface area (Å²) in [7, 11) is 0. The van der Waals surface area contributed by atoms with Crippen LogP contribution in [0.3, 0.4) is 0 Å². The summed E-state index contributed by atoms with van der Waals surface area (Å²) in [6, 6.07) is 11.6. The predicted octanol–water partition coefficient (Wildman–Crippen LogP) is 10.2. The van der Waals surface area contributed by atoms with E-state index in [0.717, 1.165) is 102 Å². The van der Waals surface area contributed by atoms with Crippen LogP contribution in [0.2, 0.25) is 0 Å². The number of carbonyl (C=O) groups is 16. The Balaban J connectivity index is 1.19. The number of aldehydes is 1. The lowest BCUT2D eigenvalue weighted by molar-refractivity contribution is -0.144. The number of unbranched alkanes of at least 4 members (excludes halogenated alkanes) is 16. The van der Waals surface area contributed by atoms with Gasteiger partial charge in [-0.25, -0.2) is 9.78 Å². The molecule has 770 valence electrons. The largest absolute Gasteiger partial charge is 0.494 e. The number of carboxylic acid groups (broad SMARTS) is 3.